The van der Waals surface area contributed by atoms with Crippen LogP contribution in [0.3, 0.4) is 0 Å². The van der Waals surface area contributed by atoms with Crippen molar-refractivity contribution in [3.63, 3.8) is 0 Å². The van der Waals surface area contributed by atoms with Crippen molar-refractivity contribution in [2.45, 2.75) is 39.2 Å². The number of hydrogen-bond acceptors (Lipinski definition) is 1. The van der Waals surface area contributed by atoms with Crippen LogP contribution in [0.5, 0.6) is 0 Å². The third-order valence-electron chi connectivity index (χ3n) is 4.89. The summed E-state index contributed by atoms with van der Waals surface area (Å²) in [7, 11) is 1.88. The zero-order valence-corrected chi connectivity index (χ0v) is 16.1. The largest absolute Gasteiger partial charge is 0.341 e. The molecule has 3 aromatic carbocycles. The van der Waals surface area contributed by atoms with E-state index in [1.165, 1.54) is 10.9 Å². The Labute approximate surface area is 156 Å². The summed E-state index contributed by atoms with van der Waals surface area (Å²) in [6.07, 6.45) is 0.429. The minimum absolute atomic E-state index is 0.140. The third kappa shape index (κ3) is 4.13. The Hall–Kier alpha value is -2.61. The summed E-state index contributed by atoms with van der Waals surface area (Å²) in [4.78, 5) is 14.5. The maximum atomic E-state index is 12.7. The quantitative estimate of drug-likeness (QED) is 0.625. The Morgan fingerprint density at radius 2 is 1.54 bits per heavy atom. The third-order valence-corrected chi connectivity index (χ3v) is 4.89. The van der Waals surface area contributed by atoms with Crippen LogP contribution >= 0.6 is 0 Å². The fraction of sp³-hybridized carbons (Fsp3) is 0.292. The maximum absolute atomic E-state index is 12.7. The molecule has 0 bridgehead atoms. The molecule has 0 aliphatic rings. The molecule has 0 aliphatic carbocycles. The van der Waals surface area contributed by atoms with Gasteiger partial charge in [0.2, 0.25) is 5.91 Å². The monoisotopic (exact) mass is 345 g/mol. The smallest absolute Gasteiger partial charge is 0.227 e. The van der Waals surface area contributed by atoms with Crippen molar-refractivity contribution >= 4 is 16.7 Å². The van der Waals surface area contributed by atoms with Crippen LogP contribution in [-0.4, -0.2) is 17.9 Å². The fourth-order valence-corrected chi connectivity index (χ4v) is 3.22. The lowest BCUT2D eigenvalue weighted by molar-refractivity contribution is -0.129. The molecule has 26 heavy (non-hydrogen) atoms. The average molecular weight is 345 g/mol. The molecule has 0 fully saturated rings. The molecular weight excluding hydrogens is 318 g/mol. The predicted molar refractivity (Wildman–Crippen MR) is 109 cm³/mol. The van der Waals surface area contributed by atoms with Gasteiger partial charge in [0.1, 0.15) is 0 Å². The molecule has 3 aromatic rings. The van der Waals surface area contributed by atoms with Crippen molar-refractivity contribution in [2.75, 3.05) is 7.05 Å². The normalized spacial score (nSPS) is 11.5. The highest BCUT2D eigenvalue weighted by Gasteiger charge is 2.15. The first-order valence-corrected chi connectivity index (χ1v) is 9.14. The fourth-order valence-electron chi connectivity index (χ4n) is 3.22. The van der Waals surface area contributed by atoms with Crippen LogP contribution in [0.1, 0.15) is 37.5 Å². The van der Waals surface area contributed by atoms with Crippen LogP contribution < -0.4 is 0 Å². The second kappa shape index (κ2) is 7.33. The number of amides is 1. The first kappa shape index (κ1) is 18.2. The van der Waals surface area contributed by atoms with E-state index in [4.69, 9.17) is 0 Å². The highest BCUT2D eigenvalue weighted by Crippen LogP contribution is 2.23. The van der Waals surface area contributed by atoms with E-state index in [0.29, 0.717) is 13.0 Å². The summed E-state index contributed by atoms with van der Waals surface area (Å²) < 4.78 is 0. The number of carbonyl (C=O) groups is 1. The standard InChI is InChI=1S/C24H27NO/c1-24(2,3)21-14-12-18(13-15-21)17-25(4)23(26)16-20-10-7-9-19-8-5-6-11-22(19)20/h5-15H,16-17H2,1-4H3. The van der Waals surface area contributed by atoms with Gasteiger partial charge in [0, 0.05) is 13.6 Å². The number of fused-ring (bicyclic) bond motifs is 1. The molecule has 0 spiro atoms. The van der Waals surface area contributed by atoms with Crippen LogP contribution in [-0.2, 0) is 23.2 Å². The predicted octanol–water partition coefficient (Wildman–Crippen LogP) is 5.34. The molecule has 0 heterocycles. The molecule has 0 radical (unpaired) electrons. The van der Waals surface area contributed by atoms with Gasteiger partial charge in [0.15, 0.2) is 0 Å². The van der Waals surface area contributed by atoms with Gasteiger partial charge in [0.05, 0.1) is 6.42 Å². The van der Waals surface area contributed by atoms with Gasteiger partial charge in [-0.15, -0.1) is 0 Å². The molecule has 0 N–H and O–H groups in total. The lowest BCUT2D eigenvalue weighted by Gasteiger charge is -2.21. The average Bonchev–Trinajstić information content (AvgIpc) is 2.61. The van der Waals surface area contributed by atoms with Gasteiger partial charge < -0.3 is 4.90 Å². The van der Waals surface area contributed by atoms with Gasteiger partial charge in [0.25, 0.3) is 0 Å². The minimum atomic E-state index is 0.140. The summed E-state index contributed by atoms with van der Waals surface area (Å²) in [5.41, 5.74) is 3.70. The van der Waals surface area contributed by atoms with Crippen molar-refractivity contribution < 1.29 is 4.79 Å². The van der Waals surface area contributed by atoms with Gasteiger partial charge in [-0.05, 0) is 32.9 Å². The topological polar surface area (TPSA) is 20.3 Å². The number of rotatable bonds is 4. The van der Waals surface area contributed by atoms with Crippen LogP contribution in [0.4, 0.5) is 0 Å². The Morgan fingerprint density at radius 1 is 0.885 bits per heavy atom. The van der Waals surface area contributed by atoms with E-state index in [0.717, 1.165) is 16.5 Å². The summed E-state index contributed by atoms with van der Waals surface area (Å²) in [6.45, 7) is 7.26. The summed E-state index contributed by atoms with van der Waals surface area (Å²) in [6, 6.07) is 23.0. The van der Waals surface area contributed by atoms with E-state index in [2.05, 4.69) is 63.2 Å². The van der Waals surface area contributed by atoms with Gasteiger partial charge in [-0.25, -0.2) is 0 Å². The Bertz CT molecular complexity index is 898. The van der Waals surface area contributed by atoms with Crippen molar-refractivity contribution in [2.24, 2.45) is 0 Å². The molecule has 0 saturated heterocycles. The highest BCUT2D eigenvalue weighted by atomic mass is 16.2. The molecule has 2 nitrogen and oxygen atoms in total. The Kier molecular flexibility index (Phi) is 5.13. The molecular formula is C24H27NO. The summed E-state index contributed by atoms with van der Waals surface area (Å²) in [5.74, 6) is 0.140. The lowest BCUT2D eigenvalue weighted by Crippen LogP contribution is -2.27. The van der Waals surface area contributed by atoms with Gasteiger partial charge in [-0.3, -0.25) is 4.79 Å². The first-order chi connectivity index (χ1) is 12.3. The lowest BCUT2D eigenvalue weighted by atomic mass is 9.87. The highest BCUT2D eigenvalue weighted by molar-refractivity contribution is 5.90. The van der Waals surface area contributed by atoms with Crippen LogP contribution in [0.15, 0.2) is 66.7 Å². The Morgan fingerprint density at radius 3 is 2.23 bits per heavy atom. The number of carbonyl (C=O) groups excluding carboxylic acids is 1. The summed E-state index contributed by atoms with van der Waals surface area (Å²) >= 11 is 0. The molecule has 2 heteroatoms. The number of nitrogens with zero attached hydrogens (tertiary/aromatic N) is 1. The van der Waals surface area contributed by atoms with E-state index < -0.39 is 0 Å². The molecule has 0 unspecified atom stereocenters. The van der Waals surface area contributed by atoms with Crippen molar-refractivity contribution in [3.05, 3.63) is 83.4 Å². The van der Waals surface area contributed by atoms with Crippen LogP contribution in [0.2, 0.25) is 0 Å². The summed E-state index contributed by atoms with van der Waals surface area (Å²) in [5, 5.41) is 2.34. The molecule has 0 atom stereocenters. The van der Waals surface area contributed by atoms with Gasteiger partial charge in [-0.2, -0.15) is 0 Å². The van der Waals surface area contributed by atoms with Crippen molar-refractivity contribution in [1.82, 2.24) is 4.90 Å². The van der Waals surface area contributed by atoms with Crippen LogP contribution in [0, 0.1) is 0 Å². The molecule has 0 saturated carbocycles. The second-order valence-corrected chi connectivity index (χ2v) is 8.01. The van der Waals surface area contributed by atoms with E-state index in [1.807, 2.05) is 36.2 Å². The van der Waals surface area contributed by atoms with E-state index >= 15 is 0 Å². The molecule has 3 rings (SSSR count). The van der Waals surface area contributed by atoms with E-state index in [1.54, 1.807) is 0 Å². The molecule has 0 aromatic heterocycles. The van der Waals surface area contributed by atoms with E-state index in [-0.39, 0.29) is 11.3 Å². The van der Waals surface area contributed by atoms with Crippen molar-refractivity contribution in [3.8, 4) is 0 Å². The number of benzene rings is 3. The SMILES string of the molecule is CN(Cc1ccc(C(C)(C)C)cc1)C(=O)Cc1cccc2ccccc12. The zero-order valence-electron chi connectivity index (χ0n) is 16.1. The molecule has 0 aliphatic heterocycles. The number of hydrogen-bond donors (Lipinski definition) is 0. The second-order valence-electron chi connectivity index (χ2n) is 8.01. The maximum Gasteiger partial charge on any atom is 0.227 e. The molecule has 134 valence electrons. The van der Waals surface area contributed by atoms with E-state index in [9.17, 15) is 4.79 Å². The zero-order chi connectivity index (χ0) is 18.7. The molecule has 1 amide bonds. The minimum Gasteiger partial charge on any atom is -0.341 e. The Balaban J connectivity index is 1.70. The van der Waals surface area contributed by atoms with Gasteiger partial charge >= 0.3 is 0 Å². The van der Waals surface area contributed by atoms with Crippen molar-refractivity contribution in [1.29, 1.82) is 0 Å². The number of likely N-dealkylation sites (N-methyl/N-ethyl adjacent to an activating group) is 1. The first-order valence-electron chi connectivity index (χ1n) is 9.14. The van der Waals surface area contributed by atoms with Crippen LogP contribution in [0.25, 0.3) is 10.8 Å². The van der Waals surface area contributed by atoms with Gasteiger partial charge in [-0.1, -0.05) is 87.5 Å².